The predicted octanol–water partition coefficient (Wildman–Crippen LogP) is 2.00. The van der Waals surface area contributed by atoms with Crippen molar-refractivity contribution in [2.45, 2.75) is 57.3 Å². The van der Waals surface area contributed by atoms with Gasteiger partial charge in [0.15, 0.2) is 0 Å². The number of rotatable bonds is 7. The number of alkyl carbamates (subject to hydrolysis) is 1. The molecular formula is C13H23NO6S. The molecule has 1 amide bonds. The highest BCUT2D eigenvalue weighted by atomic mass is 32.2. The SMILES string of the molecule is CCC(=O)O[C@H](C)OC(=O)NC[C@H](SC(C)(C)C)C(=O)O. The van der Waals surface area contributed by atoms with E-state index in [4.69, 9.17) is 14.6 Å². The molecule has 8 heteroatoms. The second-order valence-corrected chi connectivity index (χ2v) is 7.28. The van der Waals surface area contributed by atoms with Gasteiger partial charge in [-0.25, -0.2) is 4.79 Å². The smallest absolute Gasteiger partial charge is 0.410 e. The number of thioether (sulfide) groups is 1. The van der Waals surface area contributed by atoms with E-state index < -0.39 is 29.6 Å². The van der Waals surface area contributed by atoms with Gasteiger partial charge < -0.3 is 19.9 Å². The van der Waals surface area contributed by atoms with Gasteiger partial charge in [0.25, 0.3) is 0 Å². The van der Waals surface area contributed by atoms with Crippen LogP contribution < -0.4 is 5.32 Å². The van der Waals surface area contributed by atoms with Crippen LogP contribution in [0.25, 0.3) is 0 Å². The number of carbonyl (C=O) groups is 3. The molecule has 0 aromatic carbocycles. The van der Waals surface area contributed by atoms with E-state index in [2.05, 4.69) is 5.32 Å². The average Bonchev–Trinajstić information content (AvgIpc) is 2.32. The highest BCUT2D eigenvalue weighted by Gasteiger charge is 2.26. The Bertz CT molecular complexity index is 379. The molecule has 21 heavy (non-hydrogen) atoms. The zero-order valence-electron chi connectivity index (χ0n) is 13.0. The third-order valence-corrected chi connectivity index (χ3v) is 3.42. The van der Waals surface area contributed by atoms with Crippen LogP contribution in [0, 0.1) is 0 Å². The number of amides is 1. The molecular weight excluding hydrogens is 298 g/mol. The van der Waals surface area contributed by atoms with Crippen LogP contribution in [0.4, 0.5) is 4.79 Å². The first-order chi connectivity index (χ1) is 9.55. The van der Waals surface area contributed by atoms with Crippen molar-refractivity contribution in [1.82, 2.24) is 5.32 Å². The topological polar surface area (TPSA) is 102 Å². The number of esters is 1. The largest absolute Gasteiger partial charge is 0.480 e. The van der Waals surface area contributed by atoms with Gasteiger partial charge in [-0.05, 0) is 0 Å². The molecule has 0 unspecified atom stereocenters. The van der Waals surface area contributed by atoms with Gasteiger partial charge in [-0.15, -0.1) is 11.8 Å². The molecule has 0 aliphatic heterocycles. The molecule has 0 spiro atoms. The Hall–Kier alpha value is -1.44. The van der Waals surface area contributed by atoms with Crippen molar-refractivity contribution in [3.8, 4) is 0 Å². The second-order valence-electron chi connectivity index (χ2n) is 5.25. The number of nitrogens with one attached hydrogen (secondary N) is 1. The lowest BCUT2D eigenvalue weighted by atomic mass is 10.3. The zero-order valence-corrected chi connectivity index (χ0v) is 13.8. The summed E-state index contributed by atoms with van der Waals surface area (Å²) >= 11 is 1.23. The lowest BCUT2D eigenvalue weighted by Crippen LogP contribution is -2.38. The predicted molar refractivity (Wildman–Crippen MR) is 79.1 cm³/mol. The van der Waals surface area contributed by atoms with Gasteiger partial charge in [0.1, 0.15) is 5.25 Å². The molecule has 2 N–H and O–H groups in total. The van der Waals surface area contributed by atoms with Crippen LogP contribution in [0.3, 0.4) is 0 Å². The van der Waals surface area contributed by atoms with Crippen molar-refractivity contribution in [3.05, 3.63) is 0 Å². The second kappa shape index (κ2) is 8.76. The van der Waals surface area contributed by atoms with E-state index in [1.165, 1.54) is 18.7 Å². The first kappa shape index (κ1) is 19.6. The number of ether oxygens (including phenoxy) is 2. The van der Waals surface area contributed by atoms with E-state index in [0.717, 1.165) is 0 Å². The normalized spacial score (nSPS) is 14.0. The van der Waals surface area contributed by atoms with Gasteiger partial charge in [0, 0.05) is 24.6 Å². The summed E-state index contributed by atoms with van der Waals surface area (Å²) in [6, 6.07) is 0. The Morgan fingerprint density at radius 3 is 2.24 bits per heavy atom. The van der Waals surface area contributed by atoms with Gasteiger partial charge >= 0.3 is 18.0 Å². The van der Waals surface area contributed by atoms with Crippen molar-refractivity contribution in [2.75, 3.05) is 6.54 Å². The molecule has 7 nitrogen and oxygen atoms in total. The molecule has 0 saturated heterocycles. The molecule has 0 rings (SSSR count). The number of aliphatic carboxylic acids is 1. The lowest BCUT2D eigenvalue weighted by Gasteiger charge is -2.23. The van der Waals surface area contributed by atoms with E-state index in [0.29, 0.717) is 0 Å². The van der Waals surface area contributed by atoms with Gasteiger partial charge in [-0.1, -0.05) is 27.7 Å². The number of hydrogen-bond acceptors (Lipinski definition) is 6. The molecule has 0 aromatic rings. The lowest BCUT2D eigenvalue weighted by molar-refractivity contribution is -0.164. The maximum absolute atomic E-state index is 11.5. The van der Waals surface area contributed by atoms with Crippen molar-refractivity contribution in [1.29, 1.82) is 0 Å². The Morgan fingerprint density at radius 2 is 1.81 bits per heavy atom. The standard InChI is InChI=1S/C13H23NO6S/c1-6-10(15)19-8(2)20-12(18)14-7-9(11(16)17)21-13(3,4)5/h8-9H,6-7H2,1-5H3,(H,14,18)(H,16,17)/t8-,9-/m0/s1. The minimum atomic E-state index is -1.02. The average molecular weight is 321 g/mol. The van der Waals surface area contributed by atoms with Crippen LogP contribution in [0.1, 0.15) is 41.0 Å². The molecule has 0 saturated carbocycles. The van der Waals surface area contributed by atoms with E-state index in [1.54, 1.807) is 6.92 Å². The summed E-state index contributed by atoms with van der Waals surface area (Å²) in [6.45, 7) is 8.61. The van der Waals surface area contributed by atoms with Crippen LogP contribution in [-0.4, -0.2) is 46.0 Å². The Balaban J connectivity index is 4.25. The molecule has 0 aromatic heterocycles. The van der Waals surface area contributed by atoms with Crippen molar-refractivity contribution in [3.63, 3.8) is 0 Å². The monoisotopic (exact) mass is 321 g/mol. The van der Waals surface area contributed by atoms with E-state index in [9.17, 15) is 14.4 Å². The van der Waals surface area contributed by atoms with Gasteiger partial charge in [0.05, 0.1) is 0 Å². The summed E-state index contributed by atoms with van der Waals surface area (Å²) < 4.78 is 9.30. The van der Waals surface area contributed by atoms with Crippen LogP contribution in [0.5, 0.6) is 0 Å². The van der Waals surface area contributed by atoms with E-state index in [1.807, 2.05) is 20.8 Å². The van der Waals surface area contributed by atoms with Crippen LogP contribution >= 0.6 is 11.8 Å². The molecule has 2 atom stereocenters. The van der Waals surface area contributed by atoms with Crippen molar-refractivity contribution in [2.24, 2.45) is 0 Å². The van der Waals surface area contributed by atoms with E-state index in [-0.39, 0.29) is 17.7 Å². The summed E-state index contributed by atoms with van der Waals surface area (Å²) in [6.07, 6.45) is -1.67. The number of carboxylic acid groups (broad SMARTS) is 1. The highest BCUT2D eigenvalue weighted by Crippen LogP contribution is 2.27. The van der Waals surface area contributed by atoms with E-state index >= 15 is 0 Å². The minimum absolute atomic E-state index is 0.0788. The number of carboxylic acids is 1. The van der Waals surface area contributed by atoms with Gasteiger partial charge in [-0.2, -0.15) is 0 Å². The van der Waals surface area contributed by atoms with Crippen LogP contribution in [-0.2, 0) is 19.1 Å². The van der Waals surface area contributed by atoms with Crippen molar-refractivity contribution < 1.29 is 29.0 Å². The highest BCUT2D eigenvalue weighted by molar-refractivity contribution is 8.01. The molecule has 0 bridgehead atoms. The molecule has 0 fully saturated rings. The van der Waals surface area contributed by atoms with Gasteiger partial charge in [-0.3, -0.25) is 9.59 Å². The fourth-order valence-corrected chi connectivity index (χ4v) is 2.39. The fraction of sp³-hybridized carbons (Fsp3) is 0.769. The molecule has 0 aliphatic rings. The molecule has 0 radical (unpaired) electrons. The summed E-state index contributed by atoms with van der Waals surface area (Å²) in [7, 11) is 0. The fourth-order valence-electron chi connectivity index (χ4n) is 1.27. The van der Waals surface area contributed by atoms with Gasteiger partial charge in [0.2, 0.25) is 6.29 Å². The summed E-state index contributed by atoms with van der Waals surface area (Å²) in [5.74, 6) is -1.50. The summed E-state index contributed by atoms with van der Waals surface area (Å²) in [5, 5.41) is 10.7. The maximum atomic E-state index is 11.5. The Labute approximate surface area is 128 Å². The molecule has 122 valence electrons. The zero-order chi connectivity index (χ0) is 16.6. The van der Waals surface area contributed by atoms with Crippen LogP contribution in [0.15, 0.2) is 0 Å². The summed E-state index contributed by atoms with van der Waals surface area (Å²) in [5.41, 5.74) is 0. The number of hydrogen-bond donors (Lipinski definition) is 2. The Morgan fingerprint density at radius 1 is 1.24 bits per heavy atom. The first-order valence-electron chi connectivity index (χ1n) is 6.59. The quantitative estimate of drug-likeness (QED) is 0.546. The van der Waals surface area contributed by atoms with Crippen molar-refractivity contribution >= 4 is 29.8 Å². The Kier molecular flexibility index (Phi) is 8.16. The molecule has 0 heterocycles. The third kappa shape index (κ3) is 10.0. The van der Waals surface area contributed by atoms with Crippen LogP contribution in [0.2, 0.25) is 0 Å². The minimum Gasteiger partial charge on any atom is -0.480 e. The first-order valence-corrected chi connectivity index (χ1v) is 7.47. The maximum Gasteiger partial charge on any atom is 0.410 e. The summed E-state index contributed by atoms with van der Waals surface area (Å²) in [4.78, 5) is 33.6. The molecule has 0 aliphatic carbocycles. The third-order valence-electron chi connectivity index (χ3n) is 2.06. The number of carbonyl (C=O) groups excluding carboxylic acids is 2.